The number of benzene rings is 1. The first-order valence-corrected chi connectivity index (χ1v) is 12.2. The molecule has 0 aliphatic carbocycles. The molecule has 0 aromatic heterocycles. The highest BCUT2D eigenvalue weighted by Crippen LogP contribution is 2.39. The molecule has 0 aliphatic rings. The zero-order valence-corrected chi connectivity index (χ0v) is 16.7. The Bertz CT molecular complexity index is 651. The van der Waals surface area contributed by atoms with Crippen LogP contribution in [0.25, 0.3) is 0 Å². The van der Waals surface area contributed by atoms with Gasteiger partial charge in [-0.25, -0.2) is 8.93 Å². The summed E-state index contributed by atoms with van der Waals surface area (Å²) in [6.07, 6.45) is -4.72. The Morgan fingerprint density at radius 1 is 1.04 bits per heavy atom. The van der Waals surface area contributed by atoms with Gasteiger partial charge >= 0.3 is 6.18 Å². The average molecular weight is 376 g/mol. The van der Waals surface area contributed by atoms with Gasteiger partial charge in [-0.3, -0.25) is 0 Å². The molecule has 7 heteroatoms. The fourth-order valence-corrected chi connectivity index (χ4v) is 3.14. The zero-order chi connectivity index (χ0) is 18.8. The highest BCUT2D eigenvalue weighted by atomic mass is 32.2. The van der Waals surface area contributed by atoms with Crippen LogP contribution in [0.3, 0.4) is 0 Å². The number of hydrogen-bond acceptors (Lipinski definition) is 1. The molecule has 1 N–H and O–H groups in total. The van der Waals surface area contributed by atoms with Crippen LogP contribution in [0.15, 0.2) is 30.3 Å². The first-order chi connectivity index (χ1) is 10.7. The normalized spacial score (nSPS) is 16.7. The lowest BCUT2D eigenvalue weighted by Gasteiger charge is -2.34. The SMILES string of the molecule is CC(C)(C)[S@](=O)N[C@@](C#C[Si](C)(C)C)(c1ccccc1)C(F)(F)F. The maximum absolute atomic E-state index is 14.1. The minimum absolute atomic E-state index is 0.0548. The molecule has 0 bridgehead atoms. The van der Waals surface area contributed by atoms with E-state index in [0.717, 1.165) is 0 Å². The topological polar surface area (TPSA) is 29.1 Å². The molecule has 2 nitrogen and oxygen atoms in total. The highest BCUT2D eigenvalue weighted by Gasteiger charge is 2.57. The Hall–Kier alpha value is -1.10. The Morgan fingerprint density at radius 3 is 1.92 bits per heavy atom. The lowest BCUT2D eigenvalue weighted by Crippen LogP contribution is -2.56. The molecule has 134 valence electrons. The molecule has 0 fully saturated rings. The molecule has 0 amide bonds. The van der Waals surface area contributed by atoms with Crippen LogP contribution in [0.2, 0.25) is 19.6 Å². The van der Waals surface area contributed by atoms with Crippen molar-refractivity contribution in [1.29, 1.82) is 0 Å². The molecule has 0 saturated carbocycles. The largest absolute Gasteiger partial charge is 0.423 e. The second-order valence-electron chi connectivity index (χ2n) is 7.60. The zero-order valence-electron chi connectivity index (χ0n) is 14.8. The van der Waals surface area contributed by atoms with Crippen molar-refractivity contribution in [3.63, 3.8) is 0 Å². The van der Waals surface area contributed by atoms with Crippen LogP contribution in [-0.2, 0) is 16.5 Å². The Balaban J connectivity index is 3.63. The van der Waals surface area contributed by atoms with Crippen LogP contribution in [0, 0.1) is 11.5 Å². The molecule has 0 spiro atoms. The van der Waals surface area contributed by atoms with Gasteiger partial charge in [0.15, 0.2) is 0 Å². The molecular weight excluding hydrogens is 351 g/mol. The van der Waals surface area contributed by atoms with Gasteiger partial charge in [0.2, 0.25) is 5.54 Å². The summed E-state index contributed by atoms with van der Waals surface area (Å²) in [6.45, 7) is 10.5. The molecule has 2 atom stereocenters. The van der Waals surface area contributed by atoms with E-state index in [1.807, 2.05) is 19.6 Å². The average Bonchev–Trinajstić information content (AvgIpc) is 2.40. The van der Waals surface area contributed by atoms with Crippen molar-refractivity contribution >= 4 is 19.1 Å². The summed E-state index contributed by atoms with van der Waals surface area (Å²) < 4.78 is 56.2. The predicted molar refractivity (Wildman–Crippen MR) is 96.3 cm³/mol. The third kappa shape index (κ3) is 5.20. The van der Waals surface area contributed by atoms with E-state index in [1.54, 1.807) is 26.8 Å². The van der Waals surface area contributed by atoms with E-state index in [1.165, 1.54) is 24.3 Å². The quantitative estimate of drug-likeness (QED) is 0.617. The van der Waals surface area contributed by atoms with Crippen LogP contribution < -0.4 is 4.72 Å². The van der Waals surface area contributed by atoms with Crippen LogP contribution in [0.1, 0.15) is 26.3 Å². The number of halogens is 3. The smallest absolute Gasteiger partial charge is 0.242 e. The molecule has 24 heavy (non-hydrogen) atoms. The summed E-state index contributed by atoms with van der Waals surface area (Å²) in [6, 6.07) is 7.40. The first-order valence-electron chi connectivity index (χ1n) is 7.55. The maximum atomic E-state index is 14.1. The number of rotatable bonds is 3. The van der Waals surface area contributed by atoms with Gasteiger partial charge in [0.25, 0.3) is 0 Å². The fraction of sp³-hybridized carbons (Fsp3) is 0.529. The van der Waals surface area contributed by atoms with Gasteiger partial charge < -0.3 is 0 Å². The molecular formula is C17H24F3NOSSi. The Labute approximate surface area is 145 Å². The van der Waals surface area contributed by atoms with E-state index in [2.05, 4.69) is 16.2 Å². The van der Waals surface area contributed by atoms with Crippen molar-refractivity contribution in [1.82, 2.24) is 4.72 Å². The summed E-state index contributed by atoms with van der Waals surface area (Å²) in [7, 11) is -4.01. The molecule has 0 saturated heterocycles. The van der Waals surface area contributed by atoms with Gasteiger partial charge in [-0.2, -0.15) is 13.2 Å². The van der Waals surface area contributed by atoms with Crippen molar-refractivity contribution in [2.45, 2.75) is 56.9 Å². The van der Waals surface area contributed by atoms with Crippen molar-refractivity contribution in [2.75, 3.05) is 0 Å². The van der Waals surface area contributed by atoms with Gasteiger partial charge in [0.05, 0.1) is 15.7 Å². The van der Waals surface area contributed by atoms with Crippen molar-refractivity contribution in [3.05, 3.63) is 35.9 Å². The lowest BCUT2D eigenvalue weighted by atomic mass is 9.91. The van der Waals surface area contributed by atoms with Crippen LogP contribution in [0.5, 0.6) is 0 Å². The van der Waals surface area contributed by atoms with E-state index in [4.69, 9.17) is 0 Å². The second kappa shape index (κ2) is 7.02. The maximum Gasteiger partial charge on any atom is 0.423 e. The van der Waals surface area contributed by atoms with Gasteiger partial charge in [-0.05, 0) is 26.3 Å². The van der Waals surface area contributed by atoms with Crippen molar-refractivity contribution in [3.8, 4) is 11.5 Å². The summed E-state index contributed by atoms with van der Waals surface area (Å²) in [5.41, 5.74) is 0.0818. The third-order valence-corrected chi connectivity index (χ3v) is 5.54. The number of nitrogens with one attached hydrogen (secondary N) is 1. The van der Waals surface area contributed by atoms with Crippen LogP contribution in [-0.4, -0.2) is 23.2 Å². The summed E-state index contributed by atoms with van der Waals surface area (Å²) in [5.74, 6) is 2.42. The molecule has 0 unspecified atom stereocenters. The molecule has 1 rings (SSSR count). The molecule has 1 aromatic rings. The molecule has 1 aromatic carbocycles. The van der Waals surface area contributed by atoms with E-state index >= 15 is 0 Å². The van der Waals surface area contributed by atoms with Crippen LogP contribution >= 0.6 is 0 Å². The monoisotopic (exact) mass is 375 g/mol. The standard InChI is InChI=1S/C17H24F3NOSSi/c1-15(2,3)23(22)21-16(17(18,19)20,12-13-24(4,5)6)14-10-8-7-9-11-14/h7-11,21H,1-6H3/t16-,23-/m0/s1. The fourth-order valence-electron chi connectivity index (χ4n) is 1.71. The van der Waals surface area contributed by atoms with E-state index in [9.17, 15) is 17.4 Å². The number of alkyl halides is 3. The predicted octanol–water partition coefficient (Wildman–Crippen LogP) is 4.38. The molecule has 0 radical (unpaired) electrons. The van der Waals surface area contributed by atoms with E-state index in [0.29, 0.717) is 0 Å². The van der Waals surface area contributed by atoms with Crippen LogP contribution in [0.4, 0.5) is 13.2 Å². The van der Waals surface area contributed by atoms with Gasteiger partial charge in [0.1, 0.15) is 8.07 Å². The highest BCUT2D eigenvalue weighted by molar-refractivity contribution is 7.84. The number of hydrogen-bond donors (Lipinski definition) is 1. The van der Waals surface area contributed by atoms with Gasteiger partial charge in [0, 0.05) is 0 Å². The van der Waals surface area contributed by atoms with Crippen molar-refractivity contribution in [2.24, 2.45) is 0 Å². The lowest BCUT2D eigenvalue weighted by molar-refractivity contribution is -0.176. The molecule has 0 aliphatic heterocycles. The molecule has 0 heterocycles. The Morgan fingerprint density at radius 2 is 1.54 bits per heavy atom. The van der Waals surface area contributed by atoms with Gasteiger partial charge in [-0.1, -0.05) is 55.9 Å². The summed E-state index contributed by atoms with van der Waals surface area (Å²) in [4.78, 5) is 0. The van der Waals surface area contributed by atoms with Gasteiger partial charge in [-0.15, -0.1) is 5.54 Å². The van der Waals surface area contributed by atoms with E-state index in [-0.39, 0.29) is 5.56 Å². The third-order valence-electron chi connectivity index (χ3n) is 3.06. The second-order valence-corrected chi connectivity index (χ2v) is 14.3. The Kier molecular flexibility index (Phi) is 6.13. The van der Waals surface area contributed by atoms with E-state index < -0.39 is 35.5 Å². The summed E-state index contributed by atoms with van der Waals surface area (Å²) >= 11 is 0. The first kappa shape index (κ1) is 20.9. The van der Waals surface area contributed by atoms with Crippen molar-refractivity contribution < 1.29 is 17.4 Å². The minimum Gasteiger partial charge on any atom is -0.242 e. The summed E-state index contributed by atoms with van der Waals surface area (Å²) in [5, 5.41) is 0. The minimum atomic E-state index is -4.72.